The lowest BCUT2D eigenvalue weighted by Crippen LogP contribution is -2.08. The van der Waals surface area contributed by atoms with Crippen LogP contribution in [0.2, 0.25) is 0 Å². The largest absolute Gasteiger partial charge is 0.497 e. The van der Waals surface area contributed by atoms with Gasteiger partial charge in [-0.2, -0.15) is 0 Å². The topological polar surface area (TPSA) is 44.8 Å². The van der Waals surface area contributed by atoms with Crippen LogP contribution in [-0.2, 0) is 4.74 Å². The molecule has 0 atom stereocenters. The Labute approximate surface area is 103 Å². The third kappa shape index (κ3) is 2.66. The molecule has 0 amide bonds. The van der Waals surface area contributed by atoms with Gasteiger partial charge >= 0.3 is 5.97 Å². The van der Waals surface area contributed by atoms with Crippen LogP contribution in [-0.4, -0.2) is 26.8 Å². The third-order valence-corrected chi connectivity index (χ3v) is 2.59. The second-order valence-electron chi connectivity index (χ2n) is 2.91. The second-order valence-corrected chi connectivity index (χ2v) is 3.76. The zero-order valence-corrected chi connectivity index (χ0v) is 11.0. The first-order valence-corrected chi connectivity index (χ1v) is 5.52. The first kappa shape index (κ1) is 12.8. The van der Waals surface area contributed by atoms with Crippen molar-refractivity contribution in [1.82, 2.24) is 0 Å². The van der Waals surface area contributed by atoms with Crippen molar-refractivity contribution in [3.63, 3.8) is 0 Å². The molecule has 16 heavy (non-hydrogen) atoms. The summed E-state index contributed by atoms with van der Waals surface area (Å²) in [6.07, 6.45) is 0. The molecule has 0 saturated carbocycles. The number of ether oxygens (including phenoxy) is 3. The number of rotatable bonds is 4. The number of carbonyl (C=O) groups excluding carboxylic acids is 1. The Bertz CT molecular complexity index is 390. The predicted octanol–water partition coefficient (Wildman–Crippen LogP) is 2.64. The van der Waals surface area contributed by atoms with Crippen LogP contribution in [0.15, 0.2) is 16.6 Å². The lowest BCUT2D eigenvalue weighted by Gasteiger charge is -2.11. The van der Waals surface area contributed by atoms with Crippen LogP contribution in [0.5, 0.6) is 11.5 Å². The zero-order chi connectivity index (χ0) is 12.1. The minimum Gasteiger partial charge on any atom is -0.497 e. The predicted molar refractivity (Wildman–Crippen MR) is 63.2 cm³/mol. The molecule has 0 aliphatic carbocycles. The molecule has 0 radical (unpaired) electrons. The SMILES string of the molecule is CCOC(=O)c1c(Br)cc(OC)cc1OC. The normalized spacial score (nSPS) is 9.75. The van der Waals surface area contributed by atoms with E-state index in [1.165, 1.54) is 7.11 Å². The van der Waals surface area contributed by atoms with Gasteiger partial charge in [0, 0.05) is 10.5 Å². The van der Waals surface area contributed by atoms with Crippen molar-refractivity contribution >= 4 is 21.9 Å². The van der Waals surface area contributed by atoms with Crippen LogP contribution in [0, 0.1) is 0 Å². The first-order chi connectivity index (χ1) is 7.63. The van der Waals surface area contributed by atoms with Crippen molar-refractivity contribution < 1.29 is 19.0 Å². The summed E-state index contributed by atoms with van der Waals surface area (Å²) in [6.45, 7) is 2.07. The number of esters is 1. The highest BCUT2D eigenvalue weighted by Crippen LogP contribution is 2.32. The van der Waals surface area contributed by atoms with Crippen molar-refractivity contribution in [3.8, 4) is 11.5 Å². The maximum absolute atomic E-state index is 11.7. The lowest BCUT2D eigenvalue weighted by atomic mass is 10.2. The Morgan fingerprint density at radius 2 is 2.00 bits per heavy atom. The van der Waals surface area contributed by atoms with Gasteiger partial charge < -0.3 is 14.2 Å². The van der Waals surface area contributed by atoms with Crippen LogP contribution in [0.1, 0.15) is 17.3 Å². The van der Waals surface area contributed by atoms with Crippen LogP contribution in [0.25, 0.3) is 0 Å². The summed E-state index contributed by atoms with van der Waals surface area (Å²) in [5, 5.41) is 0. The van der Waals surface area contributed by atoms with Crippen molar-refractivity contribution in [3.05, 3.63) is 22.2 Å². The van der Waals surface area contributed by atoms with Gasteiger partial charge in [0.05, 0.1) is 20.8 Å². The van der Waals surface area contributed by atoms with Crippen molar-refractivity contribution in [1.29, 1.82) is 0 Å². The average molecular weight is 289 g/mol. The molecule has 0 aliphatic rings. The molecule has 0 bridgehead atoms. The quantitative estimate of drug-likeness (QED) is 0.799. The van der Waals surface area contributed by atoms with E-state index in [4.69, 9.17) is 14.2 Å². The molecular formula is C11H13BrO4. The van der Waals surface area contributed by atoms with Gasteiger partial charge in [0.1, 0.15) is 17.1 Å². The highest BCUT2D eigenvalue weighted by molar-refractivity contribution is 9.10. The Hall–Kier alpha value is -1.23. The smallest absolute Gasteiger partial charge is 0.343 e. The molecule has 0 fully saturated rings. The second kappa shape index (κ2) is 5.75. The van der Waals surface area contributed by atoms with Crippen LogP contribution < -0.4 is 9.47 Å². The van der Waals surface area contributed by atoms with E-state index >= 15 is 0 Å². The van der Waals surface area contributed by atoms with E-state index in [9.17, 15) is 4.79 Å². The van der Waals surface area contributed by atoms with E-state index in [0.717, 1.165) is 0 Å². The molecule has 0 spiro atoms. The lowest BCUT2D eigenvalue weighted by molar-refractivity contribution is 0.0521. The van der Waals surface area contributed by atoms with Gasteiger partial charge in [-0.25, -0.2) is 4.79 Å². The molecule has 1 aromatic rings. The molecule has 0 saturated heterocycles. The minimum absolute atomic E-state index is 0.320. The number of hydrogen-bond acceptors (Lipinski definition) is 4. The fourth-order valence-electron chi connectivity index (χ4n) is 1.24. The fraction of sp³-hybridized carbons (Fsp3) is 0.364. The van der Waals surface area contributed by atoms with E-state index in [2.05, 4.69) is 15.9 Å². The first-order valence-electron chi connectivity index (χ1n) is 4.72. The van der Waals surface area contributed by atoms with E-state index in [1.54, 1.807) is 26.2 Å². The number of hydrogen-bond donors (Lipinski definition) is 0. The maximum Gasteiger partial charge on any atom is 0.343 e. The number of halogens is 1. The third-order valence-electron chi connectivity index (χ3n) is 1.96. The summed E-state index contributed by atoms with van der Waals surface area (Å²) in [4.78, 5) is 11.7. The summed E-state index contributed by atoms with van der Waals surface area (Å²) >= 11 is 3.29. The summed E-state index contributed by atoms with van der Waals surface area (Å²) in [6, 6.07) is 3.33. The van der Waals surface area contributed by atoms with Gasteiger partial charge in [-0.05, 0) is 28.9 Å². The molecule has 5 heteroatoms. The Morgan fingerprint density at radius 3 is 2.50 bits per heavy atom. The molecule has 0 unspecified atom stereocenters. The van der Waals surface area contributed by atoms with Gasteiger partial charge in [0.2, 0.25) is 0 Å². The van der Waals surface area contributed by atoms with Gasteiger partial charge in [-0.3, -0.25) is 0 Å². The molecule has 0 heterocycles. The van der Waals surface area contributed by atoms with Crippen molar-refractivity contribution in [2.45, 2.75) is 6.92 Å². The average Bonchev–Trinajstić information content (AvgIpc) is 2.27. The Morgan fingerprint density at radius 1 is 1.31 bits per heavy atom. The fourth-order valence-corrected chi connectivity index (χ4v) is 1.82. The van der Waals surface area contributed by atoms with Crippen LogP contribution in [0.3, 0.4) is 0 Å². The Balaban J connectivity index is 3.21. The highest BCUT2D eigenvalue weighted by atomic mass is 79.9. The van der Waals surface area contributed by atoms with E-state index in [0.29, 0.717) is 28.1 Å². The Kier molecular flexibility index (Phi) is 4.61. The summed E-state index contributed by atoms with van der Waals surface area (Å²) in [5.74, 6) is 0.607. The van der Waals surface area contributed by atoms with E-state index < -0.39 is 5.97 Å². The molecule has 0 N–H and O–H groups in total. The van der Waals surface area contributed by atoms with Crippen LogP contribution >= 0.6 is 15.9 Å². The molecule has 4 nitrogen and oxygen atoms in total. The number of carbonyl (C=O) groups is 1. The van der Waals surface area contributed by atoms with Crippen molar-refractivity contribution in [2.75, 3.05) is 20.8 Å². The van der Waals surface area contributed by atoms with Gasteiger partial charge in [0.25, 0.3) is 0 Å². The maximum atomic E-state index is 11.7. The van der Waals surface area contributed by atoms with Gasteiger partial charge in [-0.15, -0.1) is 0 Å². The summed E-state index contributed by atoms with van der Waals surface area (Å²) in [5.41, 5.74) is 0.366. The van der Waals surface area contributed by atoms with Gasteiger partial charge in [-0.1, -0.05) is 0 Å². The molecule has 88 valence electrons. The molecular weight excluding hydrogens is 276 g/mol. The standard InChI is InChI=1S/C11H13BrO4/c1-4-16-11(13)10-8(12)5-7(14-2)6-9(10)15-3/h5-6H,4H2,1-3H3. The molecule has 1 aromatic carbocycles. The van der Waals surface area contributed by atoms with Gasteiger partial charge in [0.15, 0.2) is 0 Å². The minimum atomic E-state index is -0.422. The number of benzene rings is 1. The van der Waals surface area contributed by atoms with Crippen molar-refractivity contribution in [2.24, 2.45) is 0 Å². The van der Waals surface area contributed by atoms with Crippen LogP contribution in [0.4, 0.5) is 0 Å². The van der Waals surface area contributed by atoms with E-state index in [-0.39, 0.29) is 0 Å². The highest BCUT2D eigenvalue weighted by Gasteiger charge is 2.18. The molecule has 1 rings (SSSR count). The molecule has 0 aliphatic heterocycles. The van der Waals surface area contributed by atoms with E-state index in [1.807, 2.05) is 0 Å². The number of methoxy groups -OCH3 is 2. The molecule has 0 aromatic heterocycles. The summed E-state index contributed by atoms with van der Waals surface area (Å²) in [7, 11) is 3.04. The zero-order valence-electron chi connectivity index (χ0n) is 9.37. The summed E-state index contributed by atoms with van der Waals surface area (Å²) < 4.78 is 15.7. The monoisotopic (exact) mass is 288 g/mol.